The van der Waals surface area contributed by atoms with Gasteiger partial charge in [0.15, 0.2) is 0 Å². The van der Waals surface area contributed by atoms with Crippen molar-refractivity contribution in [1.82, 2.24) is 10.6 Å². The van der Waals surface area contributed by atoms with E-state index in [2.05, 4.69) is 10.6 Å². The Labute approximate surface area is 109 Å². The number of carbonyl (C=O) groups excluding carboxylic acids is 3. The molecular formula is C13H11N3O3. The van der Waals surface area contributed by atoms with E-state index >= 15 is 0 Å². The van der Waals surface area contributed by atoms with Crippen molar-refractivity contribution in [2.45, 2.75) is 18.9 Å². The van der Waals surface area contributed by atoms with E-state index in [0.717, 1.165) is 0 Å². The van der Waals surface area contributed by atoms with Crippen LogP contribution in [0.4, 0.5) is 0 Å². The van der Waals surface area contributed by atoms with Gasteiger partial charge in [0, 0.05) is 12.0 Å². The zero-order valence-electron chi connectivity index (χ0n) is 9.97. The second kappa shape index (κ2) is 5.31. The van der Waals surface area contributed by atoms with Crippen LogP contribution >= 0.6 is 0 Å². The Kier molecular flexibility index (Phi) is 3.57. The highest BCUT2D eigenvalue weighted by atomic mass is 16.2. The van der Waals surface area contributed by atoms with Crippen LogP contribution in [-0.4, -0.2) is 23.8 Å². The molecular weight excluding hydrogens is 246 g/mol. The van der Waals surface area contributed by atoms with E-state index in [1.165, 1.54) is 24.3 Å². The Balaban J connectivity index is 2.02. The topological polar surface area (TPSA) is 99.1 Å². The Morgan fingerprint density at radius 2 is 2.00 bits per heavy atom. The first kappa shape index (κ1) is 12.8. The van der Waals surface area contributed by atoms with Gasteiger partial charge >= 0.3 is 0 Å². The van der Waals surface area contributed by atoms with Crippen molar-refractivity contribution in [3.63, 3.8) is 0 Å². The maximum absolute atomic E-state index is 11.9. The number of rotatable bonds is 2. The van der Waals surface area contributed by atoms with Crippen LogP contribution in [0.3, 0.4) is 0 Å². The summed E-state index contributed by atoms with van der Waals surface area (Å²) in [6, 6.07) is 7.34. The molecule has 0 radical (unpaired) electrons. The van der Waals surface area contributed by atoms with Gasteiger partial charge in [-0.3, -0.25) is 19.7 Å². The summed E-state index contributed by atoms with van der Waals surface area (Å²) in [6.45, 7) is 0. The van der Waals surface area contributed by atoms with Gasteiger partial charge in [-0.25, -0.2) is 0 Å². The van der Waals surface area contributed by atoms with Crippen molar-refractivity contribution in [3.8, 4) is 6.07 Å². The fraction of sp³-hybridized carbons (Fsp3) is 0.231. The Bertz CT molecular complexity index is 572. The molecule has 19 heavy (non-hydrogen) atoms. The van der Waals surface area contributed by atoms with Crippen LogP contribution in [0.2, 0.25) is 0 Å². The first-order valence-corrected chi connectivity index (χ1v) is 5.75. The normalized spacial score (nSPS) is 18.4. The number of carbonyl (C=O) groups is 3. The molecule has 0 aliphatic carbocycles. The molecule has 1 heterocycles. The molecule has 1 aromatic carbocycles. The molecule has 1 atom stereocenters. The molecule has 0 bridgehead atoms. The van der Waals surface area contributed by atoms with Crippen LogP contribution in [0.25, 0.3) is 0 Å². The minimum absolute atomic E-state index is 0.212. The highest BCUT2D eigenvalue weighted by Crippen LogP contribution is 2.07. The molecule has 6 nitrogen and oxygen atoms in total. The first-order chi connectivity index (χ1) is 9.10. The van der Waals surface area contributed by atoms with Gasteiger partial charge in [-0.05, 0) is 30.7 Å². The lowest BCUT2D eigenvalue weighted by Gasteiger charge is -2.21. The van der Waals surface area contributed by atoms with Crippen LogP contribution < -0.4 is 10.6 Å². The van der Waals surface area contributed by atoms with Gasteiger partial charge in [0.05, 0.1) is 11.6 Å². The van der Waals surface area contributed by atoms with Gasteiger partial charge in [-0.1, -0.05) is 0 Å². The average molecular weight is 257 g/mol. The van der Waals surface area contributed by atoms with E-state index in [1.54, 1.807) is 0 Å². The third-order valence-corrected chi connectivity index (χ3v) is 2.82. The second-order valence-electron chi connectivity index (χ2n) is 4.17. The molecule has 3 amide bonds. The number of benzene rings is 1. The van der Waals surface area contributed by atoms with E-state index in [-0.39, 0.29) is 12.3 Å². The number of hydrogen-bond acceptors (Lipinski definition) is 4. The summed E-state index contributed by atoms with van der Waals surface area (Å²) in [6.07, 6.45) is 0.511. The molecule has 1 aliphatic heterocycles. The zero-order valence-corrected chi connectivity index (χ0v) is 9.97. The number of nitrogens with zero attached hydrogens (tertiary/aromatic N) is 1. The van der Waals surface area contributed by atoms with E-state index < -0.39 is 17.9 Å². The number of amides is 3. The van der Waals surface area contributed by atoms with E-state index in [9.17, 15) is 14.4 Å². The number of imide groups is 1. The maximum atomic E-state index is 11.9. The Hall–Kier alpha value is -2.68. The molecule has 0 saturated carbocycles. The molecule has 1 fully saturated rings. The molecule has 96 valence electrons. The molecule has 1 aliphatic rings. The number of nitrogens with one attached hydrogen (secondary N) is 2. The van der Waals surface area contributed by atoms with E-state index in [4.69, 9.17) is 5.26 Å². The zero-order chi connectivity index (χ0) is 13.8. The molecule has 2 rings (SSSR count). The average Bonchev–Trinajstić information content (AvgIpc) is 2.42. The van der Waals surface area contributed by atoms with Crippen LogP contribution in [0.15, 0.2) is 24.3 Å². The van der Waals surface area contributed by atoms with Crippen molar-refractivity contribution in [2.75, 3.05) is 0 Å². The minimum atomic E-state index is -0.694. The van der Waals surface area contributed by atoms with Crippen LogP contribution in [0.5, 0.6) is 0 Å². The highest BCUT2D eigenvalue weighted by Gasteiger charge is 2.27. The van der Waals surface area contributed by atoms with Crippen LogP contribution in [0.1, 0.15) is 28.8 Å². The number of piperidine rings is 1. The second-order valence-corrected chi connectivity index (χ2v) is 4.17. The quantitative estimate of drug-likeness (QED) is 0.733. The van der Waals surface area contributed by atoms with Gasteiger partial charge in [0.25, 0.3) is 5.91 Å². The standard InChI is InChI=1S/C13H11N3O3/c14-7-8-1-3-9(4-2-8)12(18)15-10-5-6-11(17)16-13(10)19/h1-4,10H,5-6H2,(H,15,18)(H,16,17,19). The van der Waals surface area contributed by atoms with Crippen molar-refractivity contribution >= 4 is 17.7 Å². The summed E-state index contributed by atoms with van der Waals surface area (Å²) < 4.78 is 0. The lowest BCUT2D eigenvalue weighted by Crippen LogP contribution is -2.52. The molecule has 1 unspecified atom stereocenters. The largest absolute Gasteiger partial charge is 0.340 e. The molecule has 0 spiro atoms. The maximum Gasteiger partial charge on any atom is 0.251 e. The highest BCUT2D eigenvalue weighted by molar-refractivity contribution is 6.03. The summed E-state index contributed by atoms with van der Waals surface area (Å²) in [5.41, 5.74) is 0.821. The first-order valence-electron chi connectivity index (χ1n) is 5.75. The molecule has 1 aromatic rings. The predicted molar refractivity (Wildman–Crippen MR) is 64.8 cm³/mol. The lowest BCUT2D eigenvalue weighted by molar-refractivity contribution is -0.134. The summed E-state index contributed by atoms with van der Waals surface area (Å²) in [5, 5.41) is 13.4. The van der Waals surface area contributed by atoms with Crippen LogP contribution in [-0.2, 0) is 9.59 Å². The van der Waals surface area contributed by atoms with Crippen LogP contribution in [0, 0.1) is 11.3 Å². The monoisotopic (exact) mass is 257 g/mol. The molecule has 0 aromatic heterocycles. The number of hydrogen-bond donors (Lipinski definition) is 2. The van der Waals surface area contributed by atoms with E-state index in [0.29, 0.717) is 17.5 Å². The summed E-state index contributed by atoms with van der Waals surface area (Å²) in [4.78, 5) is 34.3. The third-order valence-electron chi connectivity index (χ3n) is 2.82. The Morgan fingerprint density at radius 3 is 2.58 bits per heavy atom. The van der Waals surface area contributed by atoms with Crippen molar-refractivity contribution in [2.24, 2.45) is 0 Å². The summed E-state index contributed by atoms with van der Waals surface area (Å²) >= 11 is 0. The SMILES string of the molecule is N#Cc1ccc(C(=O)NC2CCC(=O)NC2=O)cc1. The van der Waals surface area contributed by atoms with Gasteiger partial charge in [0.2, 0.25) is 11.8 Å². The fourth-order valence-electron chi connectivity index (χ4n) is 1.77. The molecule has 2 N–H and O–H groups in total. The van der Waals surface area contributed by atoms with Crippen molar-refractivity contribution in [1.29, 1.82) is 5.26 Å². The minimum Gasteiger partial charge on any atom is -0.340 e. The predicted octanol–water partition coefficient (Wildman–Crippen LogP) is 0.0933. The van der Waals surface area contributed by atoms with E-state index in [1.807, 2.05) is 6.07 Å². The van der Waals surface area contributed by atoms with Crippen molar-refractivity contribution < 1.29 is 14.4 Å². The molecule has 1 saturated heterocycles. The van der Waals surface area contributed by atoms with Gasteiger partial charge in [-0.2, -0.15) is 5.26 Å². The fourth-order valence-corrected chi connectivity index (χ4v) is 1.77. The van der Waals surface area contributed by atoms with Gasteiger partial charge in [0.1, 0.15) is 6.04 Å². The number of nitriles is 1. The Morgan fingerprint density at radius 1 is 1.32 bits per heavy atom. The summed E-state index contributed by atoms with van der Waals surface area (Å²) in [7, 11) is 0. The lowest BCUT2D eigenvalue weighted by atomic mass is 10.1. The van der Waals surface area contributed by atoms with Crippen molar-refractivity contribution in [3.05, 3.63) is 35.4 Å². The van der Waals surface area contributed by atoms with Gasteiger partial charge < -0.3 is 5.32 Å². The smallest absolute Gasteiger partial charge is 0.251 e. The molecule has 6 heteroatoms. The summed E-state index contributed by atoms with van der Waals surface area (Å²) in [5.74, 6) is -1.22. The van der Waals surface area contributed by atoms with Gasteiger partial charge in [-0.15, -0.1) is 0 Å². The third kappa shape index (κ3) is 2.96.